The normalized spacial score (nSPS) is 18.2. The smallest absolute Gasteiger partial charge is 0.379 e. The molecule has 4 aromatic rings. The molecular weight excluding hydrogens is 595 g/mol. The number of aromatic nitrogens is 6. The number of phosphoric ester groups is 1. The van der Waals surface area contributed by atoms with Crippen LogP contribution in [0.4, 0.5) is 14.5 Å². The summed E-state index contributed by atoms with van der Waals surface area (Å²) >= 11 is 1.14. The van der Waals surface area contributed by atoms with Crippen LogP contribution < -0.4 is 5.32 Å². The lowest BCUT2D eigenvalue weighted by atomic mass is 9.93. The Bertz CT molecular complexity index is 1610. The largest absolute Gasteiger partial charge is 0.471 e. The molecule has 13 nitrogen and oxygen atoms in total. The summed E-state index contributed by atoms with van der Waals surface area (Å²) < 4.78 is 53.1. The molecule has 224 valence electrons. The van der Waals surface area contributed by atoms with Crippen LogP contribution in [-0.2, 0) is 13.8 Å². The number of ether oxygens (including phenoxy) is 1. The van der Waals surface area contributed by atoms with Crippen LogP contribution in [0.2, 0.25) is 0 Å². The Morgan fingerprint density at radius 1 is 1.19 bits per heavy atom. The number of hydrogen-bond donors (Lipinski definition) is 3. The fraction of sp³-hybridized carbons (Fsp3) is 0.400. The summed E-state index contributed by atoms with van der Waals surface area (Å²) in [5.41, 5.74) is 0.344. The lowest BCUT2D eigenvalue weighted by molar-refractivity contribution is 0.0260. The number of carbonyl (C=O) groups excluding carboxylic acids is 1. The molecule has 0 bridgehead atoms. The van der Waals surface area contributed by atoms with E-state index in [9.17, 15) is 18.1 Å². The van der Waals surface area contributed by atoms with Gasteiger partial charge >= 0.3 is 7.82 Å². The number of thiazole rings is 1. The molecule has 1 saturated carbocycles. The minimum Gasteiger partial charge on any atom is -0.379 e. The van der Waals surface area contributed by atoms with Crippen molar-refractivity contribution in [1.82, 2.24) is 29.5 Å². The zero-order valence-corrected chi connectivity index (χ0v) is 24.3. The minimum absolute atomic E-state index is 0.0111. The van der Waals surface area contributed by atoms with Crippen molar-refractivity contribution in [3.8, 4) is 22.0 Å². The second-order valence-electron chi connectivity index (χ2n) is 9.62. The van der Waals surface area contributed by atoms with Crippen LogP contribution in [0.25, 0.3) is 22.0 Å². The first kappa shape index (κ1) is 30.1. The van der Waals surface area contributed by atoms with Crippen molar-refractivity contribution in [1.29, 1.82) is 0 Å². The molecule has 1 unspecified atom stereocenters. The van der Waals surface area contributed by atoms with E-state index >= 15 is 0 Å². The highest BCUT2D eigenvalue weighted by atomic mass is 32.1. The maximum absolute atomic E-state index is 14.7. The Morgan fingerprint density at radius 2 is 1.95 bits per heavy atom. The van der Waals surface area contributed by atoms with E-state index in [4.69, 9.17) is 14.5 Å². The molecule has 1 aliphatic rings. The highest BCUT2D eigenvalue weighted by Gasteiger charge is 2.27. The molecule has 0 spiro atoms. The molecule has 0 radical (unpaired) electrons. The van der Waals surface area contributed by atoms with Crippen molar-refractivity contribution in [3.63, 3.8) is 0 Å². The van der Waals surface area contributed by atoms with E-state index in [1.807, 2.05) is 6.92 Å². The fourth-order valence-corrected chi connectivity index (χ4v) is 6.00. The van der Waals surface area contributed by atoms with Crippen molar-refractivity contribution < 1.29 is 37.2 Å². The number of phosphoric acid groups is 1. The molecule has 0 aliphatic heterocycles. The van der Waals surface area contributed by atoms with Gasteiger partial charge in [-0.25, -0.2) is 23.6 Å². The third-order valence-electron chi connectivity index (χ3n) is 6.68. The van der Waals surface area contributed by atoms with E-state index in [-0.39, 0.29) is 34.9 Å². The average molecular weight is 624 g/mol. The van der Waals surface area contributed by atoms with E-state index in [1.165, 1.54) is 29.4 Å². The molecule has 1 amide bonds. The predicted molar refractivity (Wildman–Crippen MR) is 147 cm³/mol. The van der Waals surface area contributed by atoms with Crippen LogP contribution in [0.5, 0.6) is 0 Å². The van der Waals surface area contributed by atoms with Crippen molar-refractivity contribution in [2.75, 3.05) is 11.9 Å². The number of anilines is 1. The molecular formula is C25H28F2N7O6PS. The maximum Gasteiger partial charge on any atom is 0.471 e. The standard InChI is InChI=1S/C25H28F2N7O6PS/c1-3-39-17-6-4-16(5-7-17)34-12-19(23(32-34)22-18(26)8-9-21(27)31-22)29-24(35)20-13-42-25(30-20)15-10-28-33(11-15)14(2)40-41(36,37)38/h8-14,16-17H,3-7H2,1-2H3,(H,29,35)(H2,36,37,38). The summed E-state index contributed by atoms with van der Waals surface area (Å²) in [7, 11) is -4.73. The highest BCUT2D eigenvalue weighted by Crippen LogP contribution is 2.40. The molecule has 0 aromatic carbocycles. The van der Waals surface area contributed by atoms with Gasteiger partial charge in [-0.3, -0.25) is 14.0 Å². The van der Waals surface area contributed by atoms with Crippen LogP contribution in [0, 0.1) is 11.8 Å². The fourth-order valence-electron chi connectivity index (χ4n) is 4.73. The van der Waals surface area contributed by atoms with E-state index in [0.29, 0.717) is 17.2 Å². The molecule has 1 fully saturated rings. The van der Waals surface area contributed by atoms with Crippen LogP contribution in [0.15, 0.2) is 36.1 Å². The Morgan fingerprint density at radius 3 is 2.67 bits per heavy atom. The Balaban J connectivity index is 1.37. The summed E-state index contributed by atoms with van der Waals surface area (Å²) in [5.74, 6) is -2.29. The molecule has 17 heteroatoms. The van der Waals surface area contributed by atoms with E-state index < -0.39 is 31.7 Å². The van der Waals surface area contributed by atoms with Gasteiger partial charge in [0.1, 0.15) is 22.1 Å². The van der Waals surface area contributed by atoms with Gasteiger partial charge in [0.15, 0.2) is 12.0 Å². The van der Waals surface area contributed by atoms with Crippen molar-refractivity contribution in [3.05, 3.63) is 53.6 Å². The Hall–Kier alpha value is -3.40. The number of nitrogens with zero attached hydrogens (tertiary/aromatic N) is 6. The molecule has 1 aliphatic carbocycles. The van der Waals surface area contributed by atoms with Crippen LogP contribution in [0.1, 0.15) is 62.3 Å². The van der Waals surface area contributed by atoms with Gasteiger partial charge in [-0.05, 0) is 51.7 Å². The number of amides is 1. The number of nitrogens with one attached hydrogen (secondary N) is 1. The zero-order chi connectivity index (χ0) is 30.0. The van der Waals surface area contributed by atoms with Crippen LogP contribution in [0.3, 0.4) is 0 Å². The van der Waals surface area contributed by atoms with Crippen molar-refractivity contribution in [2.45, 2.75) is 57.9 Å². The molecule has 5 rings (SSSR count). The average Bonchev–Trinajstić information content (AvgIpc) is 3.70. The second-order valence-corrected chi connectivity index (χ2v) is 11.7. The molecule has 4 heterocycles. The quantitative estimate of drug-likeness (QED) is 0.163. The second kappa shape index (κ2) is 12.5. The number of halogens is 2. The third kappa shape index (κ3) is 6.97. The lowest BCUT2D eigenvalue weighted by Crippen LogP contribution is -2.24. The monoisotopic (exact) mass is 623 g/mol. The van der Waals surface area contributed by atoms with E-state index in [0.717, 1.165) is 49.2 Å². The molecule has 0 saturated heterocycles. The minimum atomic E-state index is -4.73. The number of pyridine rings is 1. The maximum atomic E-state index is 14.7. The number of hydrogen-bond acceptors (Lipinski definition) is 9. The Labute approximate surface area is 242 Å². The van der Waals surface area contributed by atoms with Gasteiger partial charge in [-0.15, -0.1) is 11.3 Å². The van der Waals surface area contributed by atoms with Gasteiger partial charge in [0.2, 0.25) is 5.95 Å². The first-order valence-corrected chi connectivity index (χ1v) is 15.5. The van der Waals surface area contributed by atoms with Gasteiger partial charge < -0.3 is 19.8 Å². The topological polar surface area (TPSA) is 167 Å². The lowest BCUT2D eigenvalue weighted by Gasteiger charge is -2.28. The summed E-state index contributed by atoms with van der Waals surface area (Å²) in [5, 5.41) is 13.2. The molecule has 1 atom stereocenters. The molecule has 4 aromatic heterocycles. The predicted octanol–water partition coefficient (Wildman–Crippen LogP) is 4.94. The van der Waals surface area contributed by atoms with Crippen LogP contribution >= 0.6 is 19.2 Å². The number of carbonyl (C=O) groups is 1. The van der Waals surface area contributed by atoms with Crippen molar-refractivity contribution >= 4 is 30.8 Å². The van der Waals surface area contributed by atoms with Gasteiger partial charge in [-0.2, -0.15) is 14.6 Å². The summed E-state index contributed by atoms with van der Waals surface area (Å²) in [4.78, 5) is 39.3. The first-order valence-electron chi connectivity index (χ1n) is 13.1. The first-order chi connectivity index (χ1) is 20.0. The third-order valence-corrected chi connectivity index (χ3v) is 8.16. The summed E-state index contributed by atoms with van der Waals surface area (Å²) in [6, 6.07) is 1.83. The van der Waals surface area contributed by atoms with Gasteiger partial charge in [0.05, 0.1) is 24.0 Å². The van der Waals surface area contributed by atoms with Gasteiger partial charge in [0, 0.05) is 29.9 Å². The van der Waals surface area contributed by atoms with Gasteiger partial charge in [0.25, 0.3) is 5.91 Å². The van der Waals surface area contributed by atoms with Gasteiger partial charge in [-0.1, -0.05) is 0 Å². The van der Waals surface area contributed by atoms with Crippen LogP contribution in [-0.4, -0.2) is 57.9 Å². The van der Waals surface area contributed by atoms with E-state index in [1.54, 1.807) is 10.9 Å². The Kier molecular flexibility index (Phi) is 8.92. The van der Waals surface area contributed by atoms with E-state index in [2.05, 4.69) is 30.0 Å². The highest BCUT2D eigenvalue weighted by molar-refractivity contribution is 7.46. The number of rotatable bonds is 10. The zero-order valence-electron chi connectivity index (χ0n) is 22.6. The summed E-state index contributed by atoms with van der Waals surface area (Å²) in [6.07, 6.45) is 6.76. The SMILES string of the molecule is CCOC1CCC(n2cc(NC(=O)c3csc(-c4cnn(C(C)OP(=O)(O)O)c4)n3)c(-c3nc(F)ccc3F)n2)CC1. The van der Waals surface area contributed by atoms with Crippen molar-refractivity contribution in [2.24, 2.45) is 0 Å². The molecule has 3 N–H and O–H groups in total. The molecule has 42 heavy (non-hydrogen) atoms. The summed E-state index contributed by atoms with van der Waals surface area (Å²) in [6.45, 7) is 3.99.